The number of primary amides is 1. The number of hydrogen-bond donors (Lipinski definition) is 4. The van der Waals surface area contributed by atoms with Crippen LogP contribution in [0.1, 0.15) is 52.5 Å². The molecule has 12 nitrogen and oxygen atoms in total. The Balaban J connectivity index is 1.46. The van der Waals surface area contributed by atoms with Gasteiger partial charge in [0.2, 0.25) is 23.7 Å². The van der Waals surface area contributed by atoms with E-state index in [9.17, 15) is 19.2 Å². The van der Waals surface area contributed by atoms with Crippen LogP contribution in [-0.4, -0.2) is 73.9 Å². The number of nitrogens with one attached hydrogen (secondary N) is 3. The molecule has 4 amide bonds. The highest BCUT2D eigenvalue weighted by atomic mass is 79.9. The highest BCUT2D eigenvalue weighted by Gasteiger charge is 2.29. The SMILES string of the molecule is CCOc1ccc(NC(=N[C@H]2CCCCN(CC(=O)NCCc3ccc(OC)c(Br)c3)C2=O)NC(=O)c2ccc(C(N)=O)cc2)cc1. The minimum atomic E-state index is -0.829. The monoisotopic (exact) mass is 706 g/mol. The third-order valence-corrected chi connectivity index (χ3v) is 8.04. The first-order valence-electron chi connectivity index (χ1n) is 15.3. The van der Waals surface area contributed by atoms with Crippen LogP contribution in [0.25, 0.3) is 0 Å². The number of nitrogens with two attached hydrogens (primary N) is 1. The molecular formula is C34H39BrN6O6. The lowest BCUT2D eigenvalue weighted by atomic mass is 10.1. The number of methoxy groups -OCH3 is 1. The molecule has 0 saturated carbocycles. The Hall–Kier alpha value is -4.91. The third kappa shape index (κ3) is 10.3. The normalized spacial score (nSPS) is 15.0. The molecule has 1 saturated heterocycles. The summed E-state index contributed by atoms with van der Waals surface area (Å²) in [5, 5.41) is 8.76. The summed E-state index contributed by atoms with van der Waals surface area (Å²) in [6.45, 7) is 3.13. The first-order chi connectivity index (χ1) is 22.7. The van der Waals surface area contributed by atoms with Crippen molar-refractivity contribution < 1.29 is 28.7 Å². The molecule has 1 heterocycles. The zero-order valence-electron chi connectivity index (χ0n) is 26.4. The Bertz CT molecular complexity index is 1600. The predicted octanol–water partition coefficient (Wildman–Crippen LogP) is 3.89. The van der Waals surface area contributed by atoms with Crippen molar-refractivity contribution in [2.24, 2.45) is 10.7 Å². The van der Waals surface area contributed by atoms with Gasteiger partial charge in [-0.2, -0.15) is 0 Å². The minimum absolute atomic E-state index is 0.0634. The number of guanidine groups is 1. The van der Waals surface area contributed by atoms with Gasteiger partial charge < -0.3 is 30.7 Å². The van der Waals surface area contributed by atoms with Crippen molar-refractivity contribution in [1.82, 2.24) is 15.5 Å². The van der Waals surface area contributed by atoms with Crippen molar-refractivity contribution in [3.63, 3.8) is 0 Å². The van der Waals surface area contributed by atoms with Crippen LogP contribution in [0, 0.1) is 0 Å². The molecule has 3 aromatic rings. The first-order valence-corrected chi connectivity index (χ1v) is 16.1. The van der Waals surface area contributed by atoms with E-state index >= 15 is 0 Å². The van der Waals surface area contributed by atoms with Crippen molar-refractivity contribution in [3.8, 4) is 11.5 Å². The second-order valence-electron chi connectivity index (χ2n) is 10.8. The van der Waals surface area contributed by atoms with Gasteiger partial charge in [-0.25, -0.2) is 4.99 Å². The number of amides is 4. The Morgan fingerprint density at radius 3 is 2.40 bits per heavy atom. The lowest BCUT2D eigenvalue weighted by molar-refractivity contribution is -0.136. The molecule has 1 atom stereocenters. The summed E-state index contributed by atoms with van der Waals surface area (Å²) in [4.78, 5) is 57.3. The van der Waals surface area contributed by atoms with Crippen LogP contribution in [0.5, 0.6) is 11.5 Å². The van der Waals surface area contributed by atoms with Crippen LogP contribution in [0.4, 0.5) is 5.69 Å². The van der Waals surface area contributed by atoms with E-state index in [0.717, 1.165) is 15.8 Å². The number of ether oxygens (including phenoxy) is 2. The lowest BCUT2D eigenvalue weighted by Gasteiger charge is -2.23. The number of halogens is 1. The van der Waals surface area contributed by atoms with Gasteiger partial charge in [0, 0.05) is 29.9 Å². The quantitative estimate of drug-likeness (QED) is 0.164. The third-order valence-electron chi connectivity index (χ3n) is 7.42. The zero-order chi connectivity index (χ0) is 33.8. The van der Waals surface area contributed by atoms with Gasteiger partial charge in [0.1, 0.15) is 17.5 Å². The Morgan fingerprint density at radius 1 is 1.02 bits per heavy atom. The summed E-state index contributed by atoms with van der Waals surface area (Å²) >= 11 is 3.47. The van der Waals surface area contributed by atoms with Crippen molar-refractivity contribution in [3.05, 3.63) is 87.9 Å². The van der Waals surface area contributed by atoms with Crippen LogP contribution in [0.15, 0.2) is 76.2 Å². The van der Waals surface area contributed by atoms with Crippen molar-refractivity contribution >= 4 is 51.2 Å². The number of aliphatic imine (C=N–C) groups is 1. The molecule has 0 radical (unpaired) electrons. The number of anilines is 1. The number of rotatable bonds is 12. The Kier molecular flexibility index (Phi) is 12.7. The second kappa shape index (κ2) is 17.1. The van der Waals surface area contributed by atoms with E-state index in [1.54, 1.807) is 31.4 Å². The predicted molar refractivity (Wildman–Crippen MR) is 183 cm³/mol. The second-order valence-corrected chi connectivity index (χ2v) is 11.7. The molecular weight excluding hydrogens is 668 g/mol. The molecule has 248 valence electrons. The van der Waals surface area contributed by atoms with E-state index < -0.39 is 17.9 Å². The number of carbonyl (C=O) groups excluding carboxylic acids is 4. The van der Waals surface area contributed by atoms with E-state index in [1.165, 1.54) is 29.2 Å². The van der Waals surface area contributed by atoms with E-state index in [2.05, 4.69) is 36.9 Å². The Morgan fingerprint density at radius 2 is 1.74 bits per heavy atom. The first kappa shape index (κ1) is 35.0. The molecule has 0 aromatic heterocycles. The average Bonchev–Trinajstić information content (AvgIpc) is 3.22. The van der Waals surface area contributed by atoms with E-state index in [4.69, 9.17) is 15.2 Å². The molecule has 0 aliphatic carbocycles. The molecule has 0 bridgehead atoms. The molecule has 47 heavy (non-hydrogen) atoms. The molecule has 4 rings (SSSR count). The van der Waals surface area contributed by atoms with Crippen LogP contribution >= 0.6 is 15.9 Å². The molecule has 1 aliphatic rings. The molecule has 3 aromatic carbocycles. The molecule has 0 spiro atoms. The lowest BCUT2D eigenvalue weighted by Crippen LogP contribution is -2.45. The van der Waals surface area contributed by atoms with Gasteiger partial charge in [-0.3, -0.25) is 24.5 Å². The summed E-state index contributed by atoms with van der Waals surface area (Å²) in [5.41, 5.74) is 7.49. The molecule has 5 N–H and O–H groups in total. The van der Waals surface area contributed by atoms with Crippen LogP contribution in [-0.2, 0) is 16.0 Å². The number of benzene rings is 3. The average molecular weight is 708 g/mol. The fourth-order valence-electron chi connectivity index (χ4n) is 4.96. The van der Waals surface area contributed by atoms with Gasteiger partial charge >= 0.3 is 0 Å². The van der Waals surface area contributed by atoms with Crippen molar-refractivity contribution in [1.29, 1.82) is 0 Å². The largest absolute Gasteiger partial charge is 0.496 e. The molecule has 1 aliphatic heterocycles. The van der Waals surface area contributed by atoms with Gasteiger partial charge in [0.05, 0.1) is 24.7 Å². The van der Waals surface area contributed by atoms with Gasteiger partial charge in [-0.05, 0) is 115 Å². The molecule has 1 fully saturated rings. The number of hydrogen-bond acceptors (Lipinski definition) is 7. The highest BCUT2D eigenvalue weighted by molar-refractivity contribution is 9.10. The number of likely N-dealkylation sites (tertiary alicyclic amines) is 1. The maximum Gasteiger partial charge on any atom is 0.257 e. The highest BCUT2D eigenvalue weighted by Crippen LogP contribution is 2.25. The fourth-order valence-corrected chi connectivity index (χ4v) is 5.55. The summed E-state index contributed by atoms with van der Waals surface area (Å²) in [5.74, 6) is -0.204. The maximum atomic E-state index is 13.7. The van der Waals surface area contributed by atoms with Gasteiger partial charge in [0.25, 0.3) is 5.91 Å². The standard InChI is InChI=1S/C34H39BrN6O6/c1-3-47-26-14-12-25(13-15-26)38-34(40-32(44)24-10-8-23(9-11-24)31(36)43)39-28-6-4-5-19-41(33(28)45)21-30(42)37-18-17-22-7-16-29(46-2)27(35)20-22/h7-16,20,28H,3-6,17-19,21H2,1-2H3,(H2,36,43)(H,37,42)(H2,38,39,40,44)/t28-/m0/s1. The summed E-state index contributed by atoms with van der Waals surface area (Å²) in [6, 6.07) is 17.9. The smallest absolute Gasteiger partial charge is 0.257 e. The van der Waals surface area contributed by atoms with Crippen molar-refractivity contribution in [2.75, 3.05) is 38.7 Å². The van der Waals surface area contributed by atoms with Gasteiger partial charge in [-0.15, -0.1) is 0 Å². The van der Waals surface area contributed by atoms with Crippen LogP contribution in [0.3, 0.4) is 0 Å². The summed E-state index contributed by atoms with van der Waals surface area (Å²) < 4.78 is 11.6. The van der Waals surface area contributed by atoms with Crippen LogP contribution in [0.2, 0.25) is 0 Å². The summed E-state index contributed by atoms with van der Waals surface area (Å²) in [7, 11) is 1.60. The fraction of sp³-hybridized carbons (Fsp3) is 0.324. The topological polar surface area (TPSA) is 164 Å². The van der Waals surface area contributed by atoms with E-state index in [-0.39, 0.29) is 35.4 Å². The Labute approximate surface area is 282 Å². The van der Waals surface area contributed by atoms with Gasteiger partial charge in [0.15, 0.2) is 0 Å². The van der Waals surface area contributed by atoms with E-state index in [1.807, 2.05) is 25.1 Å². The van der Waals surface area contributed by atoms with Gasteiger partial charge in [-0.1, -0.05) is 6.07 Å². The molecule has 13 heteroatoms. The summed E-state index contributed by atoms with van der Waals surface area (Å²) in [6.07, 6.45) is 2.48. The van der Waals surface area contributed by atoms with E-state index in [0.29, 0.717) is 56.8 Å². The zero-order valence-corrected chi connectivity index (χ0v) is 28.0. The minimum Gasteiger partial charge on any atom is -0.496 e. The van der Waals surface area contributed by atoms with Crippen molar-refractivity contribution in [2.45, 2.75) is 38.6 Å². The maximum absolute atomic E-state index is 13.7. The number of carbonyl (C=O) groups is 4. The molecule has 0 unspecified atom stereocenters. The number of nitrogens with zero attached hydrogens (tertiary/aromatic N) is 2. The van der Waals surface area contributed by atoms with Crippen LogP contribution < -0.4 is 31.2 Å².